The highest BCUT2D eigenvalue weighted by molar-refractivity contribution is 6.77. The summed E-state index contributed by atoms with van der Waals surface area (Å²) in [4.78, 5) is 7.20. The molecule has 1 aliphatic rings. The number of rotatable bonds is 5. The minimum Gasteiger partial charge on any atom is -0.298 e. The number of aromatic nitrogens is 1. The van der Waals surface area contributed by atoms with Gasteiger partial charge in [0.15, 0.2) is 0 Å². The van der Waals surface area contributed by atoms with Gasteiger partial charge in [0.2, 0.25) is 0 Å². The molecule has 1 saturated heterocycles. The number of nitrogens with zero attached hydrogens (tertiary/aromatic N) is 2. The Balaban J connectivity index is 1.67. The second-order valence-electron chi connectivity index (χ2n) is 8.77. The van der Waals surface area contributed by atoms with Crippen molar-refractivity contribution in [3.05, 3.63) is 53.9 Å². The molecular formula is C22H32N2Si. The van der Waals surface area contributed by atoms with Crippen LogP contribution in [-0.2, 0) is 13.0 Å². The Labute approximate surface area is 154 Å². The molecule has 1 fully saturated rings. The van der Waals surface area contributed by atoms with Crippen molar-refractivity contribution in [1.82, 2.24) is 9.88 Å². The molecule has 2 heterocycles. The monoisotopic (exact) mass is 352 g/mol. The molecule has 0 spiro atoms. The van der Waals surface area contributed by atoms with Gasteiger partial charge in [-0.05, 0) is 66.3 Å². The first kappa shape index (κ1) is 18.3. The first-order valence-electron chi connectivity index (χ1n) is 9.68. The zero-order chi connectivity index (χ0) is 17.9. The van der Waals surface area contributed by atoms with Gasteiger partial charge in [0.25, 0.3) is 0 Å². The zero-order valence-electron chi connectivity index (χ0n) is 16.3. The Kier molecular flexibility index (Phi) is 5.75. The Morgan fingerprint density at radius 2 is 1.68 bits per heavy atom. The van der Waals surface area contributed by atoms with Crippen molar-refractivity contribution in [2.24, 2.45) is 5.92 Å². The van der Waals surface area contributed by atoms with Gasteiger partial charge in [0.1, 0.15) is 0 Å². The van der Waals surface area contributed by atoms with Gasteiger partial charge >= 0.3 is 0 Å². The summed E-state index contributed by atoms with van der Waals surface area (Å²) in [5.41, 5.74) is 5.20. The average Bonchev–Trinajstić information content (AvgIpc) is 2.57. The standard InChI is InChI=1S/C22H32N2Si/c1-18(2)15-19-5-7-20(8-6-19)21-9-10-23-22(16-21)17-24-11-13-25(3,4)14-12-24/h5-10,16,18H,11-15,17H2,1-4H3. The van der Waals surface area contributed by atoms with Crippen LogP contribution in [0.5, 0.6) is 0 Å². The predicted octanol–water partition coefficient (Wildman–Crippen LogP) is 5.47. The lowest BCUT2D eigenvalue weighted by molar-refractivity contribution is 0.278. The minimum atomic E-state index is -0.892. The van der Waals surface area contributed by atoms with Crippen LogP contribution in [0.25, 0.3) is 11.1 Å². The molecule has 0 aliphatic carbocycles. The fourth-order valence-electron chi connectivity index (χ4n) is 3.59. The Morgan fingerprint density at radius 3 is 2.32 bits per heavy atom. The van der Waals surface area contributed by atoms with E-state index < -0.39 is 8.07 Å². The van der Waals surface area contributed by atoms with Crippen molar-refractivity contribution in [2.75, 3.05) is 13.1 Å². The van der Waals surface area contributed by atoms with Crippen molar-refractivity contribution >= 4 is 8.07 Å². The van der Waals surface area contributed by atoms with Crippen LogP contribution in [0.4, 0.5) is 0 Å². The lowest BCUT2D eigenvalue weighted by Gasteiger charge is -2.35. The van der Waals surface area contributed by atoms with Crippen molar-refractivity contribution < 1.29 is 0 Å². The highest BCUT2D eigenvalue weighted by Crippen LogP contribution is 2.25. The van der Waals surface area contributed by atoms with E-state index in [0.29, 0.717) is 5.92 Å². The Morgan fingerprint density at radius 1 is 1.00 bits per heavy atom. The van der Waals surface area contributed by atoms with Crippen molar-refractivity contribution in [1.29, 1.82) is 0 Å². The molecule has 0 radical (unpaired) electrons. The fourth-order valence-corrected chi connectivity index (χ4v) is 5.69. The smallest absolute Gasteiger partial charge is 0.0550 e. The molecule has 25 heavy (non-hydrogen) atoms. The van der Waals surface area contributed by atoms with Gasteiger partial charge in [-0.15, -0.1) is 0 Å². The van der Waals surface area contributed by atoms with E-state index in [-0.39, 0.29) is 0 Å². The van der Waals surface area contributed by atoms with E-state index in [0.717, 1.165) is 13.0 Å². The summed E-state index contributed by atoms with van der Waals surface area (Å²) in [6, 6.07) is 16.3. The zero-order valence-corrected chi connectivity index (χ0v) is 17.3. The lowest BCUT2D eigenvalue weighted by Crippen LogP contribution is -2.42. The molecule has 1 aliphatic heterocycles. The Hall–Kier alpha value is -1.45. The van der Waals surface area contributed by atoms with E-state index in [1.165, 1.54) is 47.6 Å². The topological polar surface area (TPSA) is 16.1 Å². The molecule has 3 rings (SSSR count). The number of hydrogen-bond acceptors (Lipinski definition) is 2. The van der Waals surface area contributed by atoms with Crippen LogP contribution in [0.15, 0.2) is 42.6 Å². The molecule has 1 aromatic carbocycles. The second-order valence-corrected chi connectivity index (χ2v) is 14.1. The summed E-state index contributed by atoms with van der Waals surface area (Å²) >= 11 is 0. The van der Waals surface area contributed by atoms with Gasteiger partial charge in [0, 0.05) is 20.8 Å². The summed E-state index contributed by atoms with van der Waals surface area (Å²) in [6.07, 6.45) is 3.12. The van der Waals surface area contributed by atoms with E-state index in [1.54, 1.807) is 0 Å². The van der Waals surface area contributed by atoms with E-state index in [2.05, 4.69) is 73.2 Å². The molecule has 1 aromatic heterocycles. The first-order chi connectivity index (χ1) is 11.9. The second kappa shape index (κ2) is 7.84. The maximum absolute atomic E-state index is 4.62. The third-order valence-electron chi connectivity index (χ3n) is 5.34. The third-order valence-corrected chi connectivity index (χ3v) is 8.50. The van der Waals surface area contributed by atoms with Crippen LogP contribution < -0.4 is 0 Å². The van der Waals surface area contributed by atoms with E-state index >= 15 is 0 Å². The molecule has 0 atom stereocenters. The minimum absolute atomic E-state index is 0.705. The normalized spacial score (nSPS) is 17.8. The van der Waals surface area contributed by atoms with Crippen LogP contribution in [0.2, 0.25) is 25.2 Å². The maximum Gasteiger partial charge on any atom is 0.0550 e. The summed E-state index contributed by atoms with van der Waals surface area (Å²) in [7, 11) is -0.892. The van der Waals surface area contributed by atoms with Crippen molar-refractivity contribution in [2.45, 2.75) is 52.0 Å². The maximum atomic E-state index is 4.62. The van der Waals surface area contributed by atoms with E-state index in [4.69, 9.17) is 0 Å². The number of benzene rings is 1. The molecule has 0 amide bonds. The summed E-state index contributed by atoms with van der Waals surface area (Å²) in [5.74, 6) is 0.705. The highest BCUT2D eigenvalue weighted by Gasteiger charge is 2.27. The number of pyridine rings is 1. The molecule has 0 bridgehead atoms. The van der Waals surface area contributed by atoms with Gasteiger partial charge in [-0.25, -0.2) is 0 Å². The SMILES string of the molecule is CC(C)Cc1ccc(-c2ccnc(CN3CC[Si](C)(C)CC3)c2)cc1. The molecule has 0 unspecified atom stereocenters. The molecule has 0 saturated carbocycles. The molecular weight excluding hydrogens is 320 g/mol. The fraction of sp³-hybridized carbons (Fsp3) is 0.500. The van der Waals surface area contributed by atoms with Gasteiger partial charge in [0.05, 0.1) is 5.69 Å². The summed E-state index contributed by atoms with van der Waals surface area (Å²) in [5, 5.41) is 0. The highest BCUT2D eigenvalue weighted by atomic mass is 28.3. The molecule has 134 valence electrons. The van der Waals surface area contributed by atoms with Gasteiger partial charge in [-0.3, -0.25) is 9.88 Å². The lowest BCUT2D eigenvalue weighted by atomic mass is 9.99. The van der Waals surface area contributed by atoms with Crippen LogP contribution >= 0.6 is 0 Å². The van der Waals surface area contributed by atoms with Gasteiger partial charge < -0.3 is 0 Å². The van der Waals surface area contributed by atoms with Crippen molar-refractivity contribution in [3.8, 4) is 11.1 Å². The van der Waals surface area contributed by atoms with Crippen LogP contribution in [0, 0.1) is 5.92 Å². The molecule has 0 N–H and O–H groups in total. The first-order valence-corrected chi connectivity index (χ1v) is 13.1. The quantitative estimate of drug-likeness (QED) is 0.663. The van der Waals surface area contributed by atoms with E-state index in [1.807, 2.05) is 6.20 Å². The molecule has 3 heteroatoms. The molecule has 2 nitrogen and oxygen atoms in total. The van der Waals surface area contributed by atoms with Crippen molar-refractivity contribution in [3.63, 3.8) is 0 Å². The Bertz CT molecular complexity index is 681. The number of hydrogen-bond donors (Lipinski definition) is 0. The largest absolute Gasteiger partial charge is 0.298 e. The van der Waals surface area contributed by atoms with Crippen LogP contribution in [-0.4, -0.2) is 31.0 Å². The summed E-state index contributed by atoms with van der Waals surface area (Å²) in [6.45, 7) is 13.1. The third kappa shape index (κ3) is 5.26. The van der Waals surface area contributed by atoms with Gasteiger partial charge in [-0.1, -0.05) is 51.2 Å². The van der Waals surface area contributed by atoms with Gasteiger partial charge in [-0.2, -0.15) is 0 Å². The van der Waals surface area contributed by atoms with E-state index in [9.17, 15) is 0 Å². The van der Waals surface area contributed by atoms with Crippen LogP contribution in [0.3, 0.4) is 0 Å². The predicted molar refractivity (Wildman–Crippen MR) is 111 cm³/mol. The average molecular weight is 353 g/mol. The van der Waals surface area contributed by atoms with Crippen LogP contribution in [0.1, 0.15) is 25.1 Å². The summed E-state index contributed by atoms with van der Waals surface area (Å²) < 4.78 is 0. The molecule has 2 aromatic rings.